The average Bonchev–Trinajstić information content (AvgIpc) is 3.37. The number of hydrogen-bond donors (Lipinski definition) is 0. The number of hydrogen-bond acceptors (Lipinski definition) is 5. The molecule has 3 aromatic rings. The van der Waals surface area contributed by atoms with E-state index in [1.165, 1.54) is 31.8 Å². The van der Waals surface area contributed by atoms with E-state index >= 15 is 0 Å². The van der Waals surface area contributed by atoms with Gasteiger partial charge < -0.3 is 9.30 Å². The van der Waals surface area contributed by atoms with Crippen LogP contribution < -0.4 is 0 Å². The van der Waals surface area contributed by atoms with Crippen molar-refractivity contribution in [3.8, 4) is 0 Å². The topological polar surface area (TPSA) is 82.5 Å². The second kappa shape index (κ2) is 10.8. The molecular weight excluding hydrogens is 580 g/mol. The summed E-state index contributed by atoms with van der Waals surface area (Å²) in [6, 6.07) is 11.2. The van der Waals surface area contributed by atoms with Gasteiger partial charge in [-0.3, -0.25) is 10.1 Å². The van der Waals surface area contributed by atoms with E-state index in [1.807, 2.05) is 0 Å². The molecule has 0 N–H and O–H groups in total. The van der Waals surface area contributed by atoms with Crippen molar-refractivity contribution in [2.24, 2.45) is 18.0 Å². The van der Waals surface area contributed by atoms with Crippen LogP contribution in [0.3, 0.4) is 0 Å². The molecule has 2 aliphatic rings. The van der Waals surface area contributed by atoms with E-state index in [2.05, 4.69) is 9.98 Å². The SMILES string of the molecule is COC1=NC2=CC=C(C(c3ccc(Cl)cc3)(c3cncn3C)[N+](=O)[O-])CC2C(Cl)=C1Cc1ccc(C(F)(F)F)cc1. The molecule has 212 valence electrons. The summed E-state index contributed by atoms with van der Waals surface area (Å²) in [6.07, 6.45) is 2.18. The van der Waals surface area contributed by atoms with Gasteiger partial charge in [0.1, 0.15) is 5.69 Å². The van der Waals surface area contributed by atoms with Crippen molar-refractivity contribution in [2.75, 3.05) is 7.11 Å². The first kappa shape index (κ1) is 28.6. The van der Waals surface area contributed by atoms with Crippen molar-refractivity contribution >= 4 is 29.1 Å². The molecule has 0 bridgehead atoms. The lowest BCUT2D eigenvalue weighted by molar-refractivity contribution is -0.555. The van der Waals surface area contributed by atoms with Gasteiger partial charge in [-0.25, -0.2) is 9.98 Å². The van der Waals surface area contributed by atoms with Crippen LogP contribution in [0.15, 0.2) is 100 Å². The van der Waals surface area contributed by atoms with Crippen LogP contribution in [0.2, 0.25) is 5.02 Å². The lowest BCUT2D eigenvalue weighted by Crippen LogP contribution is -2.42. The van der Waals surface area contributed by atoms with E-state index in [0.29, 0.717) is 43.7 Å². The number of nitro groups is 1. The van der Waals surface area contributed by atoms with Crippen LogP contribution >= 0.6 is 23.2 Å². The molecule has 2 unspecified atom stereocenters. The van der Waals surface area contributed by atoms with E-state index < -0.39 is 23.2 Å². The van der Waals surface area contributed by atoms with Gasteiger partial charge in [-0.2, -0.15) is 13.2 Å². The fourth-order valence-corrected chi connectivity index (χ4v) is 5.81. The number of nitrogens with zero attached hydrogens (tertiary/aromatic N) is 4. The number of halogens is 5. The molecular formula is C29H23Cl2F3N4O3. The van der Waals surface area contributed by atoms with Crippen LogP contribution in [0, 0.1) is 16.0 Å². The minimum absolute atomic E-state index is 0.149. The van der Waals surface area contributed by atoms with Gasteiger partial charge in [0.15, 0.2) is 0 Å². The van der Waals surface area contributed by atoms with Gasteiger partial charge in [-0.15, -0.1) is 0 Å². The number of dihydropyridines is 1. The molecule has 5 rings (SSSR count). The Morgan fingerprint density at radius 3 is 2.29 bits per heavy atom. The van der Waals surface area contributed by atoms with Crippen molar-refractivity contribution in [1.82, 2.24) is 9.55 Å². The number of aryl methyl sites for hydroxylation is 1. The molecule has 1 aliphatic carbocycles. The first-order valence-corrected chi connectivity index (χ1v) is 13.2. The summed E-state index contributed by atoms with van der Waals surface area (Å²) in [5.41, 5.74) is 0.243. The fraction of sp³-hybridized carbons (Fsp3) is 0.241. The summed E-state index contributed by atoms with van der Waals surface area (Å²) in [6.45, 7) is 0. The number of fused-ring (bicyclic) bond motifs is 1. The van der Waals surface area contributed by atoms with Gasteiger partial charge in [0.2, 0.25) is 5.90 Å². The third kappa shape index (κ3) is 5.06. The molecule has 0 amide bonds. The van der Waals surface area contributed by atoms with Crippen LogP contribution in [0.1, 0.15) is 28.8 Å². The molecule has 2 atom stereocenters. The van der Waals surface area contributed by atoms with Crippen molar-refractivity contribution in [2.45, 2.75) is 24.6 Å². The molecule has 0 radical (unpaired) electrons. The fourth-order valence-electron chi connectivity index (χ4n) is 5.35. The quantitative estimate of drug-likeness (QED) is 0.220. The lowest BCUT2D eigenvalue weighted by Gasteiger charge is -2.34. The maximum Gasteiger partial charge on any atom is 0.416 e. The lowest BCUT2D eigenvalue weighted by atomic mass is 9.73. The third-order valence-electron chi connectivity index (χ3n) is 7.36. The van der Waals surface area contributed by atoms with E-state index in [1.54, 1.807) is 48.0 Å². The van der Waals surface area contributed by atoms with Crippen molar-refractivity contribution in [3.05, 3.63) is 133 Å². The van der Waals surface area contributed by atoms with Crippen molar-refractivity contribution in [1.29, 1.82) is 0 Å². The Labute approximate surface area is 243 Å². The second-order valence-corrected chi connectivity index (χ2v) is 10.6. The highest BCUT2D eigenvalue weighted by molar-refractivity contribution is 6.33. The Balaban J connectivity index is 1.59. The Kier molecular flexibility index (Phi) is 7.56. The molecule has 7 nitrogen and oxygen atoms in total. The van der Waals surface area contributed by atoms with Crippen LogP contribution in [0.4, 0.5) is 13.2 Å². The van der Waals surface area contributed by atoms with E-state index in [9.17, 15) is 23.3 Å². The number of benzene rings is 2. The second-order valence-electron chi connectivity index (χ2n) is 9.72. The molecule has 0 saturated carbocycles. The number of imidazole rings is 1. The zero-order valence-corrected chi connectivity index (χ0v) is 23.3. The monoisotopic (exact) mass is 602 g/mol. The predicted molar refractivity (Wildman–Crippen MR) is 149 cm³/mol. The first-order valence-electron chi connectivity index (χ1n) is 12.4. The average molecular weight is 603 g/mol. The van der Waals surface area contributed by atoms with Gasteiger partial charge in [0.05, 0.1) is 30.9 Å². The number of allylic oxidation sites excluding steroid dienone is 3. The number of methoxy groups -OCH3 is 1. The number of aromatic nitrogens is 2. The Morgan fingerprint density at radius 1 is 1.07 bits per heavy atom. The van der Waals surface area contributed by atoms with Gasteiger partial charge in [0, 0.05) is 51.1 Å². The summed E-state index contributed by atoms with van der Waals surface area (Å²) in [7, 11) is 3.12. The maximum absolute atomic E-state index is 13.1. The molecule has 2 heterocycles. The van der Waals surface area contributed by atoms with Crippen molar-refractivity contribution < 1.29 is 22.8 Å². The zero-order chi connectivity index (χ0) is 29.5. The number of ether oxygens (including phenoxy) is 1. The molecule has 0 spiro atoms. The van der Waals surface area contributed by atoms with Crippen LogP contribution in [-0.4, -0.2) is 27.5 Å². The van der Waals surface area contributed by atoms with Gasteiger partial charge in [-0.05, 0) is 54.5 Å². The highest BCUT2D eigenvalue weighted by Gasteiger charge is 2.54. The Hall–Kier alpha value is -3.89. The molecule has 0 saturated heterocycles. The third-order valence-corrected chi connectivity index (χ3v) is 8.11. The molecule has 12 heteroatoms. The number of alkyl halides is 3. The summed E-state index contributed by atoms with van der Waals surface area (Å²) in [5.74, 6) is -0.306. The van der Waals surface area contributed by atoms with E-state index in [0.717, 1.165) is 12.1 Å². The van der Waals surface area contributed by atoms with Crippen LogP contribution in [0.5, 0.6) is 0 Å². The molecule has 2 aromatic carbocycles. The Morgan fingerprint density at radius 2 is 1.73 bits per heavy atom. The van der Waals surface area contributed by atoms with Gasteiger partial charge in [-0.1, -0.05) is 41.4 Å². The van der Waals surface area contributed by atoms with Crippen LogP contribution in [-0.2, 0) is 29.9 Å². The largest absolute Gasteiger partial charge is 0.481 e. The summed E-state index contributed by atoms with van der Waals surface area (Å²) in [5, 5.41) is 13.9. The summed E-state index contributed by atoms with van der Waals surface area (Å²) in [4.78, 5) is 21.5. The maximum atomic E-state index is 13.1. The first-order chi connectivity index (χ1) is 19.5. The number of rotatable bonds is 6. The number of aliphatic imine (C=N–C) groups is 1. The highest BCUT2D eigenvalue weighted by atomic mass is 35.5. The summed E-state index contributed by atoms with van der Waals surface area (Å²) >= 11 is 13.1. The summed E-state index contributed by atoms with van der Waals surface area (Å²) < 4.78 is 46.3. The molecule has 0 fully saturated rings. The minimum Gasteiger partial charge on any atom is -0.481 e. The van der Waals surface area contributed by atoms with Gasteiger partial charge in [0.25, 0.3) is 0 Å². The van der Waals surface area contributed by atoms with E-state index in [4.69, 9.17) is 27.9 Å². The highest BCUT2D eigenvalue weighted by Crippen LogP contribution is 2.48. The standard InChI is InChI=1S/C29H23Cl2F3N4O3/c1-37-16-35-15-25(37)28(38(39)40,18-7-10-21(30)11-8-18)20-9-12-24-22(14-20)26(31)23(27(36-24)41-2)13-17-3-5-19(6-4-17)29(32,33)34/h3-12,15-16,22H,13-14H2,1-2H3. The smallest absolute Gasteiger partial charge is 0.416 e. The predicted octanol–water partition coefficient (Wildman–Crippen LogP) is 7.24. The minimum atomic E-state index is -4.45. The zero-order valence-electron chi connectivity index (χ0n) is 21.8. The van der Waals surface area contributed by atoms with Gasteiger partial charge >= 0.3 is 11.7 Å². The molecule has 41 heavy (non-hydrogen) atoms. The van der Waals surface area contributed by atoms with Crippen LogP contribution in [0.25, 0.3) is 0 Å². The molecule has 1 aromatic heterocycles. The Bertz CT molecular complexity index is 1620. The van der Waals surface area contributed by atoms with E-state index in [-0.39, 0.29) is 23.7 Å². The molecule has 1 aliphatic heterocycles. The normalized spacial score (nSPS) is 18.6. The van der Waals surface area contributed by atoms with Crippen molar-refractivity contribution in [3.63, 3.8) is 0 Å².